The summed E-state index contributed by atoms with van der Waals surface area (Å²) in [6, 6.07) is 10.5. The largest absolute Gasteiger partial charge is 0.435 e. The third kappa shape index (κ3) is 3.95. The summed E-state index contributed by atoms with van der Waals surface area (Å²) in [6.07, 6.45) is 0. The first-order valence-corrected chi connectivity index (χ1v) is 7.63. The third-order valence-electron chi connectivity index (χ3n) is 3.26. The predicted molar refractivity (Wildman–Crippen MR) is 84.8 cm³/mol. The molecule has 1 nitrogen and oxygen atoms in total. The zero-order chi connectivity index (χ0) is 15.6. The van der Waals surface area contributed by atoms with Crippen LogP contribution in [0.25, 0.3) is 0 Å². The number of aryl methyl sites for hydroxylation is 2. The van der Waals surface area contributed by atoms with E-state index in [-0.39, 0.29) is 10.6 Å². The molecule has 0 aliphatic heterocycles. The second kappa shape index (κ2) is 6.75. The van der Waals surface area contributed by atoms with Crippen LogP contribution in [0.3, 0.4) is 0 Å². The van der Waals surface area contributed by atoms with Gasteiger partial charge in [-0.05, 0) is 54.3 Å². The Kier molecular flexibility index (Phi) is 5.22. The number of ether oxygens (including phenoxy) is 1. The summed E-state index contributed by atoms with van der Waals surface area (Å²) in [4.78, 5) is -0.189. The molecule has 0 aromatic heterocycles. The van der Waals surface area contributed by atoms with E-state index in [1.54, 1.807) is 12.1 Å². The van der Waals surface area contributed by atoms with Crippen LogP contribution in [0.5, 0.6) is 5.75 Å². The Hall–Kier alpha value is -1.13. The van der Waals surface area contributed by atoms with Gasteiger partial charge in [-0.3, -0.25) is 0 Å². The maximum absolute atomic E-state index is 12.3. The molecule has 5 heteroatoms. The zero-order valence-electron chi connectivity index (χ0n) is 11.5. The molecule has 0 fully saturated rings. The van der Waals surface area contributed by atoms with Crippen molar-refractivity contribution in [3.63, 3.8) is 0 Å². The van der Waals surface area contributed by atoms with Gasteiger partial charge in [0.15, 0.2) is 0 Å². The molecule has 0 radical (unpaired) electrons. The zero-order valence-corrected chi connectivity index (χ0v) is 13.9. The molecule has 1 atom stereocenters. The van der Waals surface area contributed by atoms with E-state index in [0.717, 1.165) is 22.3 Å². The lowest BCUT2D eigenvalue weighted by Crippen LogP contribution is -2.03. The molecule has 0 aliphatic rings. The van der Waals surface area contributed by atoms with Crippen LogP contribution in [0.4, 0.5) is 8.78 Å². The summed E-state index contributed by atoms with van der Waals surface area (Å²) in [7, 11) is 0. The Morgan fingerprint density at radius 2 is 1.76 bits per heavy atom. The fraction of sp³-hybridized carbons (Fsp3) is 0.250. The Morgan fingerprint density at radius 3 is 2.43 bits per heavy atom. The highest BCUT2D eigenvalue weighted by Crippen LogP contribution is 2.37. The molecule has 0 saturated heterocycles. The van der Waals surface area contributed by atoms with Crippen LogP contribution in [-0.4, -0.2) is 6.61 Å². The Morgan fingerprint density at radius 1 is 1.10 bits per heavy atom. The van der Waals surface area contributed by atoms with Crippen LogP contribution in [0.15, 0.2) is 36.4 Å². The summed E-state index contributed by atoms with van der Waals surface area (Å²) in [5, 5.41) is 0.639. The van der Waals surface area contributed by atoms with E-state index in [9.17, 15) is 8.78 Å². The molecule has 1 unspecified atom stereocenters. The number of alkyl halides is 3. The Balaban J connectivity index is 2.36. The van der Waals surface area contributed by atoms with Crippen LogP contribution in [-0.2, 0) is 0 Å². The lowest BCUT2D eigenvalue weighted by Gasteiger charge is -2.16. The van der Waals surface area contributed by atoms with E-state index in [1.807, 2.05) is 32.0 Å². The van der Waals surface area contributed by atoms with Crippen LogP contribution in [0.2, 0.25) is 5.02 Å². The Labute approximate surface area is 136 Å². The fourth-order valence-corrected chi connectivity index (χ4v) is 3.15. The highest BCUT2D eigenvalue weighted by Gasteiger charge is 2.16. The molecule has 0 spiro atoms. The maximum atomic E-state index is 12.3. The first kappa shape index (κ1) is 16.2. The lowest BCUT2D eigenvalue weighted by molar-refractivity contribution is -0.0498. The molecule has 0 amide bonds. The van der Waals surface area contributed by atoms with Gasteiger partial charge in [-0.1, -0.05) is 45.7 Å². The van der Waals surface area contributed by atoms with Crippen molar-refractivity contribution in [2.24, 2.45) is 0 Å². The highest BCUT2D eigenvalue weighted by molar-refractivity contribution is 9.09. The summed E-state index contributed by atoms with van der Waals surface area (Å²) in [5.74, 6) is 0.131. The van der Waals surface area contributed by atoms with E-state index in [2.05, 4.69) is 20.7 Å². The maximum Gasteiger partial charge on any atom is 0.387 e. The number of hydrogen-bond donors (Lipinski definition) is 0. The van der Waals surface area contributed by atoms with Gasteiger partial charge in [0.1, 0.15) is 5.75 Å². The number of halogens is 4. The van der Waals surface area contributed by atoms with Gasteiger partial charge in [0.2, 0.25) is 0 Å². The van der Waals surface area contributed by atoms with Crippen molar-refractivity contribution in [1.82, 2.24) is 0 Å². The van der Waals surface area contributed by atoms with E-state index >= 15 is 0 Å². The summed E-state index contributed by atoms with van der Waals surface area (Å²) in [6.45, 7) is 1.16. The van der Waals surface area contributed by atoms with Crippen molar-refractivity contribution < 1.29 is 13.5 Å². The van der Waals surface area contributed by atoms with Crippen molar-refractivity contribution >= 4 is 27.5 Å². The van der Waals surface area contributed by atoms with Gasteiger partial charge in [0.05, 0.1) is 4.83 Å². The second-order valence-corrected chi connectivity index (χ2v) is 6.09. The number of benzene rings is 2. The molecular formula is C16H14BrClF2O. The predicted octanol–water partition coefficient (Wildman–Crippen LogP) is 6.04. The SMILES string of the molecule is Cc1cc(Cl)c(C(Br)c2cccc(OC(F)F)c2)cc1C. The van der Waals surface area contributed by atoms with Gasteiger partial charge in [0, 0.05) is 5.02 Å². The van der Waals surface area contributed by atoms with E-state index in [1.165, 1.54) is 6.07 Å². The van der Waals surface area contributed by atoms with Crippen molar-refractivity contribution in [3.05, 3.63) is 63.7 Å². The highest BCUT2D eigenvalue weighted by atomic mass is 79.9. The van der Waals surface area contributed by atoms with E-state index < -0.39 is 6.61 Å². The smallest absolute Gasteiger partial charge is 0.387 e. The average Bonchev–Trinajstić information content (AvgIpc) is 2.41. The molecule has 0 bridgehead atoms. The molecule has 0 heterocycles. The third-order valence-corrected chi connectivity index (χ3v) is 4.61. The van der Waals surface area contributed by atoms with Crippen molar-refractivity contribution in [2.75, 3.05) is 0 Å². The molecule has 2 aromatic carbocycles. The van der Waals surface area contributed by atoms with Gasteiger partial charge in [-0.2, -0.15) is 8.78 Å². The molecule has 0 saturated carbocycles. The van der Waals surface area contributed by atoms with Gasteiger partial charge < -0.3 is 4.74 Å². The monoisotopic (exact) mass is 374 g/mol. The lowest BCUT2D eigenvalue weighted by atomic mass is 10.00. The topological polar surface area (TPSA) is 9.23 Å². The second-order valence-electron chi connectivity index (χ2n) is 4.77. The fourth-order valence-electron chi connectivity index (χ4n) is 2.03. The van der Waals surface area contributed by atoms with Crippen LogP contribution >= 0.6 is 27.5 Å². The van der Waals surface area contributed by atoms with Gasteiger partial charge >= 0.3 is 6.61 Å². The van der Waals surface area contributed by atoms with Gasteiger partial charge in [-0.25, -0.2) is 0 Å². The van der Waals surface area contributed by atoms with Crippen LogP contribution in [0.1, 0.15) is 27.1 Å². The molecular weight excluding hydrogens is 362 g/mol. The Bertz CT molecular complexity index is 646. The molecule has 2 rings (SSSR count). The van der Waals surface area contributed by atoms with E-state index in [0.29, 0.717) is 5.02 Å². The first-order valence-electron chi connectivity index (χ1n) is 6.34. The molecule has 2 aromatic rings. The van der Waals surface area contributed by atoms with Crippen molar-refractivity contribution in [3.8, 4) is 5.75 Å². The van der Waals surface area contributed by atoms with Gasteiger partial charge in [0.25, 0.3) is 0 Å². The molecule has 112 valence electrons. The average molecular weight is 376 g/mol. The first-order chi connectivity index (χ1) is 9.88. The minimum atomic E-state index is -2.83. The minimum Gasteiger partial charge on any atom is -0.435 e. The summed E-state index contributed by atoms with van der Waals surface area (Å²) in [5.41, 5.74) is 3.93. The summed E-state index contributed by atoms with van der Waals surface area (Å²) >= 11 is 9.87. The van der Waals surface area contributed by atoms with Gasteiger partial charge in [-0.15, -0.1) is 0 Å². The quantitative estimate of drug-likeness (QED) is 0.592. The number of hydrogen-bond acceptors (Lipinski definition) is 1. The van der Waals surface area contributed by atoms with Crippen LogP contribution in [0, 0.1) is 13.8 Å². The standard InChI is InChI=1S/C16H14BrClF2O/c1-9-6-13(14(18)7-10(9)2)15(17)11-4-3-5-12(8-11)21-16(19)20/h3-8,15-16H,1-2H3. The molecule has 0 aliphatic carbocycles. The summed E-state index contributed by atoms with van der Waals surface area (Å²) < 4.78 is 29.0. The minimum absolute atomic E-state index is 0.131. The van der Waals surface area contributed by atoms with E-state index in [4.69, 9.17) is 11.6 Å². The molecule has 0 N–H and O–H groups in total. The number of rotatable bonds is 4. The van der Waals surface area contributed by atoms with Crippen molar-refractivity contribution in [2.45, 2.75) is 25.3 Å². The van der Waals surface area contributed by atoms with Crippen molar-refractivity contribution in [1.29, 1.82) is 0 Å². The molecule has 21 heavy (non-hydrogen) atoms. The van der Waals surface area contributed by atoms with Crippen LogP contribution < -0.4 is 4.74 Å². The normalized spacial score (nSPS) is 12.5.